The molecule has 1 aliphatic rings. The van der Waals surface area contributed by atoms with Crippen molar-refractivity contribution in [3.63, 3.8) is 0 Å². The van der Waals surface area contributed by atoms with Crippen molar-refractivity contribution in [3.05, 3.63) is 52.7 Å². The molecule has 1 saturated heterocycles. The number of nitrogens with zero attached hydrogens (tertiary/aromatic N) is 2. The second-order valence-electron chi connectivity index (χ2n) is 6.48. The first-order chi connectivity index (χ1) is 13.1. The number of hydrogen-bond acceptors (Lipinski definition) is 5. The third kappa shape index (κ3) is 5.55. The van der Waals surface area contributed by atoms with Gasteiger partial charge in [-0.25, -0.2) is 0 Å². The molecule has 2 heterocycles. The van der Waals surface area contributed by atoms with Gasteiger partial charge < -0.3 is 15.0 Å². The molecule has 1 aromatic carbocycles. The standard InChI is InChI=1S/C20H25N3O3S/c1-16(26-17-6-3-2-4-7-17)19(24)21-9-10-22-11-13-23(14-12-22)20(25)18-8-5-15-27-18/h2-8,15-16H,9-14H2,1H3,(H,21,24). The maximum atomic E-state index is 12.3. The molecule has 1 N–H and O–H groups in total. The molecule has 0 radical (unpaired) electrons. The van der Waals surface area contributed by atoms with Crippen molar-refractivity contribution >= 4 is 23.2 Å². The monoisotopic (exact) mass is 387 g/mol. The zero-order valence-corrected chi connectivity index (χ0v) is 16.3. The summed E-state index contributed by atoms with van der Waals surface area (Å²) >= 11 is 1.48. The minimum absolute atomic E-state index is 0.116. The summed E-state index contributed by atoms with van der Waals surface area (Å²) in [6.45, 7) is 6.17. The Labute approximate surface area is 163 Å². The lowest BCUT2D eigenvalue weighted by Gasteiger charge is -2.34. The van der Waals surface area contributed by atoms with Crippen LogP contribution in [-0.4, -0.2) is 67.0 Å². The lowest BCUT2D eigenvalue weighted by Crippen LogP contribution is -2.50. The summed E-state index contributed by atoms with van der Waals surface area (Å²) in [6, 6.07) is 13.1. The molecule has 6 nitrogen and oxygen atoms in total. The Bertz CT molecular complexity index is 728. The lowest BCUT2D eigenvalue weighted by molar-refractivity contribution is -0.127. The molecule has 1 atom stereocenters. The van der Waals surface area contributed by atoms with E-state index in [2.05, 4.69) is 10.2 Å². The highest BCUT2D eigenvalue weighted by molar-refractivity contribution is 7.12. The van der Waals surface area contributed by atoms with Crippen LogP contribution in [0.5, 0.6) is 5.75 Å². The van der Waals surface area contributed by atoms with Crippen LogP contribution in [0, 0.1) is 0 Å². The van der Waals surface area contributed by atoms with E-state index in [1.807, 2.05) is 52.7 Å². The molecule has 0 aliphatic carbocycles. The van der Waals surface area contributed by atoms with Gasteiger partial charge in [-0.2, -0.15) is 0 Å². The van der Waals surface area contributed by atoms with Crippen molar-refractivity contribution in [1.82, 2.24) is 15.1 Å². The van der Waals surface area contributed by atoms with Gasteiger partial charge in [0.25, 0.3) is 11.8 Å². The number of nitrogens with one attached hydrogen (secondary N) is 1. The fourth-order valence-electron chi connectivity index (χ4n) is 2.97. The Morgan fingerprint density at radius 3 is 2.52 bits per heavy atom. The lowest BCUT2D eigenvalue weighted by atomic mass is 10.3. The van der Waals surface area contributed by atoms with Crippen LogP contribution < -0.4 is 10.1 Å². The fraction of sp³-hybridized carbons (Fsp3) is 0.400. The molecule has 2 aromatic rings. The van der Waals surface area contributed by atoms with Gasteiger partial charge in [-0.1, -0.05) is 24.3 Å². The van der Waals surface area contributed by atoms with Gasteiger partial charge >= 0.3 is 0 Å². The molecule has 1 unspecified atom stereocenters. The quantitative estimate of drug-likeness (QED) is 0.790. The number of carbonyl (C=O) groups excluding carboxylic acids is 2. The van der Waals surface area contributed by atoms with E-state index in [0.717, 1.165) is 37.6 Å². The van der Waals surface area contributed by atoms with Gasteiger partial charge in [0.1, 0.15) is 5.75 Å². The van der Waals surface area contributed by atoms with Crippen molar-refractivity contribution in [2.75, 3.05) is 39.3 Å². The van der Waals surface area contributed by atoms with Crippen molar-refractivity contribution in [3.8, 4) is 5.75 Å². The summed E-state index contributed by atoms with van der Waals surface area (Å²) in [7, 11) is 0. The Kier molecular flexibility index (Phi) is 6.84. The first-order valence-corrected chi connectivity index (χ1v) is 10.1. The van der Waals surface area contributed by atoms with Crippen LogP contribution in [0.25, 0.3) is 0 Å². The molecule has 0 spiro atoms. The van der Waals surface area contributed by atoms with E-state index in [1.54, 1.807) is 6.92 Å². The average molecular weight is 388 g/mol. The van der Waals surface area contributed by atoms with Crippen LogP contribution in [0.1, 0.15) is 16.6 Å². The maximum Gasteiger partial charge on any atom is 0.264 e. The van der Waals surface area contributed by atoms with Gasteiger partial charge in [0.15, 0.2) is 6.10 Å². The number of ether oxygens (including phenoxy) is 1. The molecule has 2 amide bonds. The summed E-state index contributed by atoms with van der Waals surface area (Å²) in [5.74, 6) is 0.682. The van der Waals surface area contributed by atoms with Crippen molar-refractivity contribution in [1.29, 1.82) is 0 Å². The van der Waals surface area contributed by atoms with Gasteiger partial charge in [-0.05, 0) is 30.5 Å². The zero-order valence-electron chi connectivity index (χ0n) is 15.5. The van der Waals surface area contributed by atoms with Crippen LogP contribution in [0.15, 0.2) is 47.8 Å². The topological polar surface area (TPSA) is 61.9 Å². The van der Waals surface area contributed by atoms with Crippen LogP contribution in [0.3, 0.4) is 0 Å². The van der Waals surface area contributed by atoms with Gasteiger partial charge in [0.2, 0.25) is 0 Å². The Morgan fingerprint density at radius 1 is 1.11 bits per heavy atom. The molecule has 144 valence electrons. The van der Waals surface area contributed by atoms with E-state index in [1.165, 1.54) is 11.3 Å². The largest absolute Gasteiger partial charge is 0.481 e. The fourth-order valence-corrected chi connectivity index (χ4v) is 3.66. The summed E-state index contributed by atoms with van der Waals surface area (Å²) in [5.41, 5.74) is 0. The first-order valence-electron chi connectivity index (χ1n) is 9.18. The number of hydrogen-bond donors (Lipinski definition) is 1. The number of benzene rings is 1. The minimum Gasteiger partial charge on any atom is -0.481 e. The van der Waals surface area contributed by atoms with Gasteiger partial charge in [-0.3, -0.25) is 14.5 Å². The first kappa shape index (κ1) is 19.4. The van der Waals surface area contributed by atoms with Crippen molar-refractivity contribution in [2.45, 2.75) is 13.0 Å². The number of rotatable bonds is 7. The van der Waals surface area contributed by atoms with Gasteiger partial charge in [0.05, 0.1) is 4.88 Å². The van der Waals surface area contributed by atoms with E-state index >= 15 is 0 Å². The van der Waals surface area contributed by atoms with Crippen LogP contribution >= 0.6 is 11.3 Å². The van der Waals surface area contributed by atoms with E-state index < -0.39 is 6.10 Å². The molecule has 1 fully saturated rings. The zero-order chi connectivity index (χ0) is 19.1. The Balaban J connectivity index is 1.34. The highest BCUT2D eigenvalue weighted by Crippen LogP contribution is 2.14. The van der Waals surface area contributed by atoms with Gasteiger partial charge in [-0.15, -0.1) is 11.3 Å². The van der Waals surface area contributed by atoms with Gasteiger partial charge in [0, 0.05) is 39.3 Å². The average Bonchev–Trinajstić information content (AvgIpc) is 3.23. The summed E-state index contributed by atoms with van der Waals surface area (Å²) in [4.78, 5) is 29.5. The summed E-state index contributed by atoms with van der Waals surface area (Å²) in [5, 5.41) is 4.85. The number of para-hydroxylation sites is 1. The SMILES string of the molecule is CC(Oc1ccccc1)C(=O)NCCN1CCN(C(=O)c2cccs2)CC1. The molecule has 3 rings (SSSR count). The number of amides is 2. The van der Waals surface area contributed by atoms with Crippen LogP contribution in [0.4, 0.5) is 0 Å². The third-order valence-corrected chi connectivity index (χ3v) is 5.40. The summed E-state index contributed by atoms with van der Waals surface area (Å²) < 4.78 is 5.63. The number of carbonyl (C=O) groups is 2. The van der Waals surface area contributed by atoms with E-state index in [0.29, 0.717) is 12.3 Å². The normalized spacial score (nSPS) is 16.0. The Morgan fingerprint density at radius 2 is 1.85 bits per heavy atom. The molecule has 1 aromatic heterocycles. The molecular weight excluding hydrogens is 362 g/mol. The van der Waals surface area contributed by atoms with Crippen molar-refractivity contribution in [2.24, 2.45) is 0 Å². The third-order valence-electron chi connectivity index (χ3n) is 4.54. The molecule has 0 saturated carbocycles. The molecule has 1 aliphatic heterocycles. The molecular formula is C20H25N3O3S. The molecule has 27 heavy (non-hydrogen) atoms. The molecule has 7 heteroatoms. The second kappa shape index (κ2) is 9.53. The van der Waals surface area contributed by atoms with Crippen molar-refractivity contribution < 1.29 is 14.3 Å². The highest BCUT2D eigenvalue weighted by atomic mass is 32.1. The number of thiophene rings is 1. The number of piperazine rings is 1. The molecule has 0 bridgehead atoms. The van der Waals surface area contributed by atoms with E-state index in [-0.39, 0.29) is 11.8 Å². The van der Waals surface area contributed by atoms with E-state index in [9.17, 15) is 9.59 Å². The van der Waals surface area contributed by atoms with Crippen LogP contribution in [0.2, 0.25) is 0 Å². The minimum atomic E-state index is -0.535. The Hall–Kier alpha value is -2.38. The predicted octanol–water partition coefficient (Wildman–Crippen LogP) is 2.09. The summed E-state index contributed by atoms with van der Waals surface area (Å²) in [6.07, 6.45) is -0.535. The highest BCUT2D eigenvalue weighted by Gasteiger charge is 2.22. The second-order valence-corrected chi connectivity index (χ2v) is 7.42. The van der Waals surface area contributed by atoms with E-state index in [4.69, 9.17) is 4.74 Å². The maximum absolute atomic E-state index is 12.3. The predicted molar refractivity (Wildman–Crippen MR) is 106 cm³/mol. The van der Waals surface area contributed by atoms with Crippen LogP contribution in [-0.2, 0) is 4.79 Å². The smallest absolute Gasteiger partial charge is 0.264 e.